The minimum absolute atomic E-state index is 0.222. The maximum Gasteiger partial charge on any atom is 0.261 e. The molecular formula is C13H16Cl2F2O. The average molecular weight is 297 g/mol. The first-order valence-corrected chi connectivity index (χ1v) is 6.50. The molecule has 102 valence electrons. The number of halogens is 4. The molecule has 1 aromatic carbocycles. The van der Waals surface area contributed by atoms with Crippen LogP contribution in [0.25, 0.3) is 0 Å². The number of hydrogen-bond donors (Lipinski definition) is 0. The van der Waals surface area contributed by atoms with E-state index in [0.717, 1.165) is 16.7 Å². The van der Waals surface area contributed by atoms with Gasteiger partial charge in [-0.3, -0.25) is 0 Å². The predicted octanol–water partition coefficient (Wildman–Crippen LogP) is 4.91. The Balaban J connectivity index is 2.56. The molecule has 0 amide bonds. The van der Waals surface area contributed by atoms with Crippen molar-refractivity contribution in [1.29, 1.82) is 0 Å². The van der Waals surface area contributed by atoms with Gasteiger partial charge in [0.25, 0.3) is 6.43 Å². The maximum absolute atomic E-state index is 11.9. The van der Waals surface area contributed by atoms with E-state index in [2.05, 4.69) is 0 Å². The summed E-state index contributed by atoms with van der Waals surface area (Å²) >= 11 is 12.2. The van der Waals surface area contributed by atoms with Crippen LogP contribution in [0.1, 0.15) is 28.5 Å². The van der Waals surface area contributed by atoms with Crippen molar-refractivity contribution in [1.82, 2.24) is 0 Å². The van der Waals surface area contributed by atoms with Crippen LogP contribution in [0.5, 0.6) is 0 Å². The number of hydrogen-bond acceptors (Lipinski definition) is 1. The van der Waals surface area contributed by atoms with E-state index in [1.807, 2.05) is 26.0 Å². The number of aryl methyl sites for hydroxylation is 2. The first kappa shape index (κ1) is 15.7. The second-order valence-corrected chi connectivity index (χ2v) is 5.11. The highest BCUT2D eigenvalue weighted by atomic mass is 35.5. The first-order chi connectivity index (χ1) is 8.41. The lowest BCUT2D eigenvalue weighted by Gasteiger charge is -2.14. The van der Waals surface area contributed by atoms with Crippen LogP contribution in [0, 0.1) is 13.8 Å². The summed E-state index contributed by atoms with van der Waals surface area (Å²) in [6.07, 6.45) is -1.94. The summed E-state index contributed by atoms with van der Waals surface area (Å²) in [7, 11) is 0. The minimum atomic E-state index is -2.43. The molecule has 1 atom stereocenters. The molecule has 1 nitrogen and oxygen atoms in total. The largest absolute Gasteiger partial charge is 0.375 e. The molecule has 0 spiro atoms. The van der Waals surface area contributed by atoms with Crippen molar-refractivity contribution >= 4 is 23.2 Å². The van der Waals surface area contributed by atoms with Gasteiger partial charge in [0.2, 0.25) is 0 Å². The summed E-state index contributed by atoms with van der Waals surface area (Å²) in [5, 5.41) is 0.452. The van der Waals surface area contributed by atoms with Crippen molar-refractivity contribution in [3.05, 3.63) is 33.8 Å². The fourth-order valence-corrected chi connectivity index (χ4v) is 2.20. The minimum Gasteiger partial charge on any atom is -0.375 e. The molecule has 1 rings (SSSR count). The SMILES string of the molecule is Cc1cc(C(Cl)CCOCC(F)F)c(C)cc1Cl. The van der Waals surface area contributed by atoms with Crippen LogP contribution in [-0.4, -0.2) is 19.6 Å². The fraction of sp³-hybridized carbons (Fsp3) is 0.538. The Labute approximate surface area is 116 Å². The van der Waals surface area contributed by atoms with Gasteiger partial charge in [-0.05, 0) is 43.0 Å². The van der Waals surface area contributed by atoms with Gasteiger partial charge in [-0.2, -0.15) is 0 Å². The van der Waals surface area contributed by atoms with Gasteiger partial charge in [0, 0.05) is 11.6 Å². The molecule has 5 heteroatoms. The number of rotatable bonds is 6. The number of ether oxygens (including phenoxy) is 1. The highest BCUT2D eigenvalue weighted by Gasteiger charge is 2.13. The number of benzene rings is 1. The van der Waals surface area contributed by atoms with E-state index in [9.17, 15) is 8.78 Å². The van der Waals surface area contributed by atoms with Crippen LogP contribution in [-0.2, 0) is 4.74 Å². The van der Waals surface area contributed by atoms with Crippen LogP contribution >= 0.6 is 23.2 Å². The predicted molar refractivity (Wildman–Crippen MR) is 71.0 cm³/mol. The van der Waals surface area contributed by atoms with E-state index >= 15 is 0 Å². The smallest absolute Gasteiger partial charge is 0.261 e. The van der Waals surface area contributed by atoms with E-state index < -0.39 is 13.0 Å². The van der Waals surface area contributed by atoms with E-state index in [4.69, 9.17) is 27.9 Å². The highest BCUT2D eigenvalue weighted by Crippen LogP contribution is 2.30. The average Bonchev–Trinajstić information content (AvgIpc) is 2.28. The monoisotopic (exact) mass is 296 g/mol. The standard InChI is InChI=1S/C13H16Cl2F2O/c1-8-6-12(15)9(2)5-10(8)11(14)3-4-18-7-13(16)17/h5-6,11,13H,3-4,7H2,1-2H3. The zero-order valence-electron chi connectivity index (χ0n) is 10.4. The summed E-state index contributed by atoms with van der Waals surface area (Å²) in [6, 6.07) is 3.80. The summed E-state index contributed by atoms with van der Waals surface area (Å²) in [5.74, 6) is 0. The van der Waals surface area contributed by atoms with Gasteiger partial charge in [0.05, 0.1) is 5.38 Å². The normalized spacial score (nSPS) is 13.1. The van der Waals surface area contributed by atoms with Gasteiger partial charge in [-0.25, -0.2) is 8.78 Å². The lowest BCUT2D eigenvalue weighted by atomic mass is 10.0. The Kier molecular flexibility index (Phi) is 6.33. The Morgan fingerprint density at radius 1 is 1.22 bits per heavy atom. The summed E-state index contributed by atoms with van der Waals surface area (Å²) < 4.78 is 28.6. The lowest BCUT2D eigenvalue weighted by molar-refractivity contribution is 0.0165. The van der Waals surface area contributed by atoms with E-state index in [0.29, 0.717) is 11.4 Å². The molecule has 0 aliphatic rings. The quantitative estimate of drug-likeness (QED) is 0.535. The summed E-state index contributed by atoms with van der Waals surface area (Å²) in [6.45, 7) is 3.51. The third-order valence-corrected chi connectivity index (χ3v) is 3.50. The molecule has 0 saturated carbocycles. The molecule has 1 unspecified atom stereocenters. The van der Waals surface area contributed by atoms with Crippen molar-refractivity contribution < 1.29 is 13.5 Å². The Hall–Kier alpha value is -0.380. The molecule has 0 aliphatic heterocycles. The Bertz CT molecular complexity index is 397. The van der Waals surface area contributed by atoms with Crippen molar-refractivity contribution in [2.24, 2.45) is 0 Å². The zero-order valence-corrected chi connectivity index (χ0v) is 11.9. The number of alkyl halides is 3. The van der Waals surface area contributed by atoms with Gasteiger partial charge in [-0.1, -0.05) is 17.7 Å². The molecule has 18 heavy (non-hydrogen) atoms. The molecule has 0 saturated heterocycles. The Morgan fingerprint density at radius 2 is 1.89 bits per heavy atom. The third-order valence-electron chi connectivity index (χ3n) is 2.64. The van der Waals surface area contributed by atoms with Gasteiger partial charge >= 0.3 is 0 Å². The zero-order chi connectivity index (χ0) is 13.7. The second-order valence-electron chi connectivity index (χ2n) is 4.18. The molecule has 0 radical (unpaired) electrons. The maximum atomic E-state index is 11.9. The van der Waals surface area contributed by atoms with E-state index in [-0.39, 0.29) is 12.0 Å². The van der Waals surface area contributed by atoms with Crippen molar-refractivity contribution in [2.75, 3.05) is 13.2 Å². The topological polar surface area (TPSA) is 9.23 Å². The van der Waals surface area contributed by atoms with Gasteiger partial charge in [0.1, 0.15) is 6.61 Å². The third kappa shape index (κ3) is 4.71. The lowest BCUT2D eigenvalue weighted by Crippen LogP contribution is -2.07. The Morgan fingerprint density at radius 3 is 2.50 bits per heavy atom. The van der Waals surface area contributed by atoms with Crippen molar-refractivity contribution in [3.8, 4) is 0 Å². The molecule has 0 aliphatic carbocycles. The molecule has 0 bridgehead atoms. The van der Waals surface area contributed by atoms with Crippen LogP contribution in [0.3, 0.4) is 0 Å². The molecule has 0 heterocycles. The van der Waals surface area contributed by atoms with Crippen molar-refractivity contribution in [3.63, 3.8) is 0 Å². The molecule has 1 aromatic rings. The molecule has 0 fully saturated rings. The van der Waals surface area contributed by atoms with Crippen LogP contribution in [0.4, 0.5) is 8.78 Å². The van der Waals surface area contributed by atoms with Crippen LogP contribution in [0.15, 0.2) is 12.1 Å². The van der Waals surface area contributed by atoms with Gasteiger partial charge in [-0.15, -0.1) is 11.6 Å². The van der Waals surface area contributed by atoms with Crippen molar-refractivity contribution in [2.45, 2.75) is 32.1 Å². The molecule has 0 N–H and O–H groups in total. The highest BCUT2D eigenvalue weighted by molar-refractivity contribution is 6.31. The first-order valence-electron chi connectivity index (χ1n) is 5.68. The fourth-order valence-electron chi connectivity index (χ4n) is 1.66. The van der Waals surface area contributed by atoms with E-state index in [1.165, 1.54) is 0 Å². The summed E-state index contributed by atoms with van der Waals surface area (Å²) in [5.41, 5.74) is 2.93. The van der Waals surface area contributed by atoms with Gasteiger partial charge in [0.15, 0.2) is 0 Å². The molecular weight excluding hydrogens is 281 g/mol. The molecule has 0 aromatic heterocycles. The van der Waals surface area contributed by atoms with Crippen LogP contribution in [0.2, 0.25) is 5.02 Å². The van der Waals surface area contributed by atoms with E-state index in [1.54, 1.807) is 0 Å². The second kappa shape index (κ2) is 7.27. The van der Waals surface area contributed by atoms with Gasteiger partial charge < -0.3 is 4.74 Å². The van der Waals surface area contributed by atoms with Crippen LogP contribution < -0.4 is 0 Å². The summed E-state index contributed by atoms with van der Waals surface area (Å²) in [4.78, 5) is 0.